The summed E-state index contributed by atoms with van der Waals surface area (Å²) in [5, 5.41) is 10.9. The van der Waals surface area contributed by atoms with Gasteiger partial charge in [0.05, 0.1) is 20.1 Å². The summed E-state index contributed by atoms with van der Waals surface area (Å²) in [4.78, 5) is 34.4. The van der Waals surface area contributed by atoms with Crippen LogP contribution in [0.3, 0.4) is 0 Å². The molecule has 0 heterocycles. The summed E-state index contributed by atoms with van der Waals surface area (Å²) >= 11 is 3.01. The standard InChI is InChI=1S/C13H14BrNO6/c1-20-11(16)13(14,12(17)21-2)10(8-15(18)19)9-6-4-3-5-7-9/h3-7,10H,8H2,1-2H3/t10-/m1/s1. The lowest BCUT2D eigenvalue weighted by atomic mass is 9.85. The monoisotopic (exact) mass is 359 g/mol. The first-order valence-electron chi connectivity index (χ1n) is 5.90. The number of carbonyl (C=O) groups excluding carboxylic acids is 2. The van der Waals surface area contributed by atoms with Crippen LogP contribution in [-0.4, -0.2) is 42.0 Å². The van der Waals surface area contributed by atoms with Crippen molar-refractivity contribution in [2.24, 2.45) is 0 Å². The SMILES string of the molecule is COC(=O)C(Br)(C(=O)OC)[C@H](C[N+](=O)[O-])c1ccccc1. The van der Waals surface area contributed by atoms with Crippen LogP contribution in [0.25, 0.3) is 0 Å². The first-order chi connectivity index (χ1) is 9.87. The number of halogens is 1. The summed E-state index contributed by atoms with van der Waals surface area (Å²) in [5.74, 6) is -2.98. The van der Waals surface area contributed by atoms with Crippen LogP contribution in [0.4, 0.5) is 0 Å². The van der Waals surface area contributed by atoms with Crippen molar-refractivity contribution in [1.82, 2.24) is 0 Å². The summed E-state index contributed by atoms with van der Waals surface area (Å²) < 4.78 is 7.25. The summed E-state index contributed by atoms with van der Waals surface area (Å²) in [6.45, 7) is -0.639. The molecule has 0 fully saturated rings. The Kier molecular flexibility index (Phi) is 5.83. The number of ether oxygens (including phenoxy) is 2. The van der Waals surface area contributed by atoms with Gasteiger partial charge < -0.3 is 9.47 Å². The molecule has 1 aromatic carbocycles. The third-order valence-corrected chi connectivity index (χ3v) is 4.18. The Labute approximate surface area is 129 Å². The molecule has 1 rings (SSSR count). The lowest BCUT2D eigenvalue weighted by Crippen LogP contribution is -2.49. The fourth-order valence-electron chi connectivity index (χ4n) is 1.96. The van der Waals surface area contributed by atoms with Crippen molar-refractivity contribution in [2.45, 2.75) is 10.2 Å². The fraction of sp³-hybridized carbons (Fsp3) is 0.385. The van der Waals surface area contributed by atoms with E-state index in [4.69, 9.17) is 0 Å². The minimum absolute atomic E-state index is 0.446. The molecule has 0 saturated carbocycles. The molecule has 0 bridgehead atoms. The maximum atomic E-state index is 12.0. The average Bonchev–Trinajstić information content (AvgIpc) is 2.50. The molecule has 0 unspecified atom stereocenters. The Morgan fingerprint density at radius 2 is 1.71 bits per heavy atom. The lowest BCUT2D eigenvalue weighted by molar-refractivity contribution is -0.483. The molecule has 0 spiro atoms. The van der Waals surface area contributed by atoms with E-state index in [1.807, 2.05) is 0 Å². The molecule has 21 heavy (non-hydrogen) atoms. The Morgan fingerprint density at radius 3 is 2.10 bits per heavy atom. The number of nitro groups is 1. The third kappa shape index (κ3) is 3.57. The van der Waals surface area contributed by atoms with Crippen molar-refractivity contribution in [1.29, 1.82) is 0 Å². The maximum Gasteiger partial charge on any atom is 0.335 e. The topological polar surface area (TPSA) is 95.7 Å². The second-order valence-corrected chi connectivity index (χ2v) is 5.42. The zero-order valence-corrected chi connectivity index (χ0v) is 13.0. The van der Waals surface area contributed by atoms with E-state index < -0.39 is 33.6 Å². The average molecular weight is 360 g/mol. The van der Waals surface area contributed by atoms with Gasteiger partial charge in [-0.15, -0.1) is 0 Å². The summed E-state index contributed by atoms with van der Waals surface area (Å²) in [7, 11) is 2.19. The Morgan fingerprint density at radius 1 is 1.24 bits per heavy atom. The third-order valence-electron chi connectivity index (χ3n) is 2.98. The number of rotatable bonds is 6. The van der Waals surface area contributed by atoms with Gasteiger partial charge in [-0.25, -0.2) is 9.59 Å². The molecule has 1 atom stereocenters. The molecule has 0 aliphatic rings. The minimum Gasteiger partial charge on any atom is -0.468 e. The number of carbonyl (C=O) groups is 2. The summed E-state index contributed by atoms with van der Waals surface area (Å²) in [6, 6.07) is 8.22. The predicted molar refractivity (Wildman–Crippen MR) is 76.7 cm³/mol. The van der Waals surface area contributed by atoms with E-state index in [1.54, 1.807) is 30.3 Å². The Hall–Kier alpha value is -1.96. The van der Waals surface area contributed by atoms with E-state index >= 15 is 0 Å². The Bertz CT molecular complexity index is 517. The van der Waals surface area contributed by atoms with Gasteiger partial charge in [0.25, 0.3) is 0 Å². The molecule has 0 radical (unpaired) electrons. The van der Waals surface area contributed by atoms with Crippen LogP contribution in [0.5, 0.6) is 0 Å². The largest absolute Gasteiger partial charge is 0.468 e. The van der Waals surface area contributed by atoms with E-state index in [1.165, 1.54) is 0 Å². The minimum atomic E-state index is -1.98. The highest BCUT2D eigenvalue weighted by molar-refractivity contribution is 9.10. The van der Waals surface area contributed by atoms with Crippen molar-refractivity contribution in [3.05, 3.63) is 46.0 Å². The molecule has 1 aromatic rings. The van der Waals surface area contributed by atoms with Crippen molar-refractivity contribution < 1.29 is 24.0 Å². The number of alkyl halides is 1. The molecule has 0 aliphatic heterocycles. The van der Waals surface area contributed by atoms with Gasteiger partial charge in [-0.3, -0.25) is 10.1 Å². The molecule has 0 saturated heterocycles. The van der Waals surface area contributed by atoms with Gasteiger partial charge in [-0.05, 0) is 5.56 Å². The fourth-order valence-corrected chi connectivity index (χ4v) is 2.69. The smallest absolute Gasteiger partial charge is 0.335 e. The van der Waals surface area contributed by atoms with Crippen LogP contribution < -0.4 is 0 Å². The van der Waals surface area contributed by atoms with E-state index in [0.717, 1.165) is 14.2 Å². The molecular formula is C13H14BrNO6. The molecule has 0 amide bonds. The lowest BCUT2D eigenvalue weighted by Gasteiger charge is -2.28. The molecule has 0 N–H and O–H groups in total. The van der Waals surface area contributed by atoms with Crippen LogP contribution in [-0.2, 0) is 19.1 Å². The molecule has 0 aliphatic carbocycles. The van der Waals surface area contributed by atoms with Crippen LogP contribution >= 0.6 is 15.9 Å². The highest BCUT2D eigenvalue weighted by atomic mass is 79.9. The van der Waals surface area contributed by atoms with E-state index in [-0.39, 0.29) is 0 Å². The van der Waals surface area contributed by atoms with Crippen LogP contribution in [0.15, 0.2) is 30.3 Å². The van der Waals surface area contributed by atoms with Crippen molar-refractivity contribution in [2.75, 3.05) is 20.8 Å². The first-order valence-corrected chi connectivity index (χ1v) is 6.69. The first kappa shape index (κ1) is 17.1. The summed E-state index contributed by atoms with van der Waals surface area (Å²) in [6.07, 6.45) is 0. The molecule has 0 aromatic heterocycles. The highest BCUT2D eigenvalue weighted by Crippen LogP contribution is 2.38. The zero-order chi connectivity index (χ0) is 16.0. The quantitative estimate of drug-likeness (QED) is 0.251. The van der Waals surface area contributed by atoms with Gasteiger partial charge in [-0.2, -0.15) is 0 Å². The van der Waals surface area contributed by atoms with E-state index in [9.17, 15) is 19.7 Å². The normalized spacial score (nSPS) is 12.3. The second kappa shape index (κ2) is 7.16. The van der Waals surface area contributed by atoms with Crippen LogP contribution in [0.1, 0.15) is 11.5 Å². The van der Waals surface area contributed by atoms with Crippen molar-refractivity contribution >= 4 is 27.9 Å². The number of hydrogen-bond donors (Lipinski definition) is 0. The zero-order valence-electron chi connectivity index (χ0n) is 11.4. The Balaban J connectivity index is 3.41. The molecule has 8 heteroatoms. The van der Waals surface area contributed by atoms with Crippen molar-refractivity contribution in [3.63, 3.8) is 0 Å². The van der Waals surface area contributed by atoms with E-state index in [0.29, 0.717) is 5.56 Å². The number of nitrogens with zero attached hydrogens (tertiary/aromatic N) is 1. The van der Waals surface area contributed by atoms with Gasteiger partial charge in [0.2, 0.25) is 10.9 Å². The predicted octanol–water partition coefficient (Wildman–Crippen LogP) is 1.53. The van der Waals surface area contributed by atoms with Gasteiger partial charge in [0.1, 0.15) is 0 Å². The van der Waals surface area contributed by atoms with Gasteiger partial charge >= 0.3 is 11.9 Å². The van der Waals surface area contributed by atoms with Gasteiger partial charge in [0, 0.05) is 4.92 Å². The molecular weight excluding hydrogens is 346 g/mol. The van der Waals surface area contributed by atoms with Crippen LogP contribution in [0, 0.1) is 10.1 Å². The van der Waals surface area contributed by atoms with Crippen molar-refractivity contribution in [3.8, 4) is 0 Å². The second-order valence-electron chi connectivity index (χ2n) is 4.17. The number of methoxy groups -OCH3 is 2. The van der Waals surface area contributed by atoms with Gasteiger partial charge in [0.15, 0.2) is 0 Å². The van der Waals surface area contributed by atoms with Crippen LogP contribution in [0.2, 0.25) is 0 Å². The molecule has 7 nitrogen and oxygen atoms in total. The maximum absolute atomic E-state index is 12.0. The highest BCUT2D eigenvalue weighted by Gasteiger charge is 2.55. The number of benzene rings is 1. The number of esters is 2. The van der Waals surface area contributed by atoms with Gasteiger partial charge in [-0.1, -0.05) is 46.3 Å². The number of hydrogen-bond acceptors (Lipinski definition) is 6. The molecule has 114 valence electrons. The van der Waals surface area contributed by atoms with E-state index in [2.05, 4.69) is 25.4 Å². The summed E-state index contributed by atoms with van der Waals surface area (Å²) in [5.41, 5.74) is 0.446.